The molecule has 0 atom stereocenters. The van der Waals surface area contributed by atoms with Crippen LogP contribution in [0.15, 0.2) is 10.5 Å². The number of ether oxygens (including phenoxy) is 2. The lowest BCUT2D eigenvalue weighted by atomic mass is 10.1. The van der Waals surface area contributed by atoms with Crippen LogP contribution in [0.1, 0.15) is 5.56 Å². The van der Waals surface area contributed by atoms with Gasteiger partial charge in [0.2, 0.25) is 0 Å². The van der Waals surface area contributed by atoms with Crippen molar-refractivity contribution in [1.29, 1.82) is 0 Å². The van der Waals surface area contributed by atoms with Crippen LogP contribution in [-0.4, -0.2) is 51.8 Å². The number of nitrogens with zero attached hydrogens (tertiary/aromatic N) is 1. The summed E-state index contributed by atoms with van der Waals surface area (Å²) in [6.45, 7) is 5.23. The molecule has 0 saturated carbocycles. The van der Waals surface area contributed by atoms with Gasteiger partial charge in [0.15, 0.2) is 11.5 Å². The normalized spacial score (nSPS) is 16.2. The van der Waals surface area contributed by atoms with Crippen LogP contribution >= 0.6 is 27.5 Å². The Bertz CT molecular complexity index is 465. The van der Waals surface area contributed by atoms with Crippen LogP contribution in [0.3, 0.4) is 0 Å². The van der Waals surface area contributed by atoms with E-state index >= 15 is 0 Å². The molecular formula is C14H20BrClN2O2. The molecule has 1 N–H and O–H groups in total. The first-order chi connectivity index (χ1) is 9.67. The Morgan fingerprint density at radius 1 is 1.25 bits per heavy atom. The number of methoxy groups -OCH3 is 2. The van der Waals surface area contributed by atoms with Crippen molar-refractivity contribution in [2.24, 2.45) is 0 Å². The summed E-state index contributed by atoms with van der Waals surface area (Å²) in [7, 11) is 3.28. The first kappa shape index (κ1) is 15.9. The second kappa shape index (κ2) is 7.50. The van der Waals surface area contributed by atoms with E-state index in [-0.39, 0.29) is 0 Å². The smallest absolute Gasteiger partial charge is 0.175 e. The SMILES string of the molecule is COc1c(Br)cc(Cl)c(CCN2CCNCC2)c1OC. The van der Waals surface area contributed by atoms with E-state index in [0.29, 0.717) is 10.8 Å². The van der Waals surface area contributed by atoms with Crippen LogP contribution in [0.25, 0.3) is 0 Å². The van der Waals surface area contributed by atoms with Crippen LogP contribution in [0.4, 0.5) is 0 Å². The Labute approximate surface area is 133 Å². The molecule has 0 spiro atoms. The van der Waals surface area contributed by atoms with Gasteiger partial charge in [-0.3, -0.25) is 0 Å². The third-order valence-electron chi connectivity index (χ3n) is 3.53. The third kappa shape index (κ3) is 3.58. The minimum absolute atomic E-state index is 0.701. The van der Waals surface area contributed by atoms with Crippen LogP contribution in [0.5, 0.6) is 11.5 Å². The molecule has 6 heteroatoms. The number of hydrogen-bond donors (Lipinski definition) is 1. The summed E-state index contributed by atoms with van der Waals surface area (Å²) in [5.74, 6) is 1.43. The molecule has 0 radical (unpaired) electrons. The Kier molecular flexibility index (Phi) is 5.96. The molecule has 1 fully saturated rings. The first-order valence-electron chi connectivity index (χ1n) is 6.69. The van der Waals surface area contributed by atoms with Crippen molar-refractivity contribution in [2.75, 3.05) is 46.9 Å². The molecule has 0 aromatic heterocycles. The molecule has 1 aromatic rings. The molecule has 0 amide bonds. The molecule has 112 valence electrons. The molecule has 1 aliphatic heterocycles. The highest BCUT2D eigenvalue weighted by Crippen LogP contribution is 2.42. The lowest BCUT2D eigenvalue weighted by molar-refractivity contribution is 0.242. The Morgan fingerprint density at radius 3 is 2.50 bits per heavy atom. The molecule has 20 heavy (non-hydrogen) atoms. The summed E-state index contributed by atoms with van der Waals surface area (Å²) >= 11 is 9.82. The maximum Gasteiger partial charge on any atom is 0.175 e. The molecule has 1 heterocycles. The predicted molar refractivity (Wildman–Crippen MR) is 85.3 cm³/mol. The quantitative estimate of drug-likeness (QED) is 0.872. The second-order valence-corrected chi connectivity index (χ2v) is 5.99. The lowest BCUT2D eigenvalue weighted by Crippen LogP contribution is -2.44. The third-order valence-corrected chi connectivity index (χ3v) is 4.46. The Balaban J connectivity index is 2.17. The zero-order valence-electron chi connectivity index (χ0n) is 11.8. The fraction of sp³-hybridized carbons (Fsp3) is 0.571. The van der Waals surface area contributed by atoms with E-state index in [2.05, 4.69) is 26.1 Å². The van der Waals surface area contributed by atoms with Gasteiger partial charge >= 0.3 is 0 Å². The van der Waals surface area contributed by atoms with Gasteiger partial charge in [0.25, 0.3) is 0 Å². The van der Waals surface area contributed by atoms with E-state index in [1.165, 1.54) is 0 Å². The Hall–Kier alpha value is -0.490. The van der Waals surface area contributed by atoms with Gasteiger partial charge in [-0.05, 0) is 28.4 Å². The lowest BCUT2D eigenvalue weighted by Gasteiger charge is -2.27. The van der Waals surface area contributed by atoms with Gasteiger partial charge in [0, 0.05) is 43.3 Å². The van der Waals surface area contributed by atoms with E-state index in [1.807, 2.05) is 6.07 Å². The molecule has 0 aliphatic carbocycles. The summed E-state index contributed by atoms with van der Waals surface area (Å²) in [4.78, 5) is 2.43. The summed E-state index contributed by atoms with van der Waals surface area (Å²) < 4.78 is 11.7. The van der Waals surface area contributed by atoms with Crippen molar-refractivity contribution in [3.8, 4) is 11.5 Å². The largest absolute Gasteiger partial charge is 0.492 e. The van der Waals surface area contributed by atoms with Crippen LogP contribution in [0, 0.1) is 0 Å². The zero-order chi connectivity index (χ0) is 14.5. The summed E-state index contributed by atoms with van der Waals surface area (Å²) in [6, 6.07) is 1.87. The molecule has 4 nitrogen and oxygen atoms in total. The van der Waals surface area contributed by atoms with E-state index in [1.54, 1.807) is 14.2 Å². The minimum Gasteiger partial charge on any atom is -0.492 e. The van der Waals surface area contributed by atoms with Crippen molar-refractivity contribution >= 4 is 27.5 Å². The van der Waals surface area contributed by atoms with Gasteiger partial charge in [-0.1, -0.05) is 11.6 Å². The van der Waals surface area contributed by atoms with Crippen molar-refractivity contribution < 1.29 is 9.47 Å². The fourth-order valence-corrected chi connectivity index (χ4v) is 3.45. The standard InChI is InChI=1S/C14H20BrClN2O2/c1-19-13-10(3-6-18-7-4-17-5-8-18)12(16)9-11(15)14(13)20-2/h9,17H,3-8H2,1-2H3. The van der Waals surface area contributed by atoms with E-state index < -0.39 is 0 Å². The maximum absolute atomic E-state index is 6.36. The van der Waals surface area contributed by atoms with E-state index in [4.69, 9.17) is 21.1 Å². The number of nitrogens with one attached hydrogen (secondary N) is 1. The van der Waals surface area contributed by atoms with E-state index in [0.717, 1.165) is 54.9 Å². The van der Waals surface area contributed by atoms with Crippen LogP contribution in [0.2, 0.25) is 5.02 Å². The van der Waals surface area contributed by atoms with Gasteiger partial charge in [-0.25, -0.2) is 0 Å². The van der Waals surface area contributed by atoms with E-state index in [9.17, 15) is 0 Å². The molecule has 2 rings (SSSR count). The fourth-order valence-electron chi connectivity index (χ4n) is 2.46. The first-order valence-corrected chi connectivity index (χ1v) is 7.86. The topological polar surface area (TPSA) is 33.7 Å². The van der Waals surface area contributed by atoms with Crippen LogP contribution < -0.4 is 14.8 Å². The van der Waals surface area contributed by atoms with Crippen LogP contribution in [-0.2, 0) is 6.42 Å². The van der Waals surface area contributed by atoms with Crippen molar-refractivity contribution in [3.05, 3.63) is 21.1 Å². The van der Waals surface area contributed by atoms with Gasteiger partial charge in [0.1, 0.15) is 0 Å². The van der Waals surface area contributed by atoms with Gasteiger partial charge in [0.05, 0.1) is 18.7 Å². The highest BCUT2D eigenvalue weighted by molar-refractivity contribution is 9.10. The molecule has 1 saturated heterocycles. The van der Waals surface area contributed by atoms with Crippen molar-refractivity contribution in [3.63, 3.8) is 0 Å². The highest BCUT2D eigenvalue weighted by Gasteiger charge is 2.19. The summed E-state index contributed by atoms with van der Waals surface area (Å²) in [5, 5.41) is 4.07. The second-order valence-electron chi connectivity index (χ2n) is 4.73. The monoisotopic (exact) mass is 362 g/mol. The highest BCUT2D eigenvalue weighted by atomic mass is 79.9. The van der Waals surface area contributed by atoms with Crippen molar-refractivity contribution in [1.82, 2.24) is 10.2 Å². The summed E-state index contributed by atoms with van der Waals surface area (Å²) in [5.41, 5.74) is 1.01. The predicted octanol–water partition coefficient (Wildman–Crippen LogP) is 2.57. The zero-order valence-corrected chi connectivity index (χ0v) is 14.2. The molecule has 1 aromatic carbocycles. The number of benzene rings is 1. The van der Waals surface area contributed by atoms with Gasteiger partial charge in [-0.15, -0.1) is 0 Å². The average molecular weight is 364 g/mol. The minimum atomic E-state index is 0.701. The number of rotatable bonds is 5. The number of piperazine rings is 1. The summed E-state index contributed by atoms with van der Waals surface area (Å²) in [6.07, 6.45) is 0.853. The van der Waals surface area contributed by atoms with Gasteiger partial charge < -0.3 is 19.7 Å². The molecule has 0 unspecified atom stereocenters. The molecule has 0 bridgehead atoms. The molecule has 1 aliphatic rings. The van der Waals surface area contributed by atoms with Crippen molar-refractivity contribution in [2.45, 2.75) is 6.42 Å². The Morgan fingerprint density at radius 2 is 1.90 bits per heavy atom. The number of halogens is 2. The van der Waals surface area contributed by atoms with Gasteiger partial charge in [-0.2, -0.15) is 0 Å². The average Bonchev–Trinajstić information content (AvgIpc) is 2.46. The maximum atomic E-state index is 6.36. The molecular weight excluding hydrogens is 344 g/mol. The number of hydrogen-bond acceptors (Lipinski definition) is 4.